The summed E-state index contributed by atoms with van der Waals surface area (Å²) in [4.78, 5) is 4.01. The van der Waals surface area contributed by atoms with Gasteiger partial charge in [0, 0.05) is 17.5 Å². The molecule has 0 N–H and O–H groups in total. The summed E-state index contributed by atoms with van der Waals surface area (Å²) in [7, 11) is 0. The Hall–Kier alpha value is -3.81. The van der Waals surface area contributed by atoms with E-state index in [1.807, 2.05) is 37.3 Å². The van der Waals surface area contributed by atoms with Crippen molar-refractivity contribution in [2.24, 2.45) is 4.99 Å². The zero-order valence-electron chi connectivity index (χ0n) is 16.0. The molecule has 0 bridgehead atoms. The lowest BCUT2D eigenvalue weighted by Gasteiger charge is -2.06. The van der Waals surface area contributed by atoms with Crippen LogP contribution < -0.4 is 0 Å². The Balaban J connectivity index is 1.74. The highest BCUT2D eigenvalue weighted by Gasteiger charge is 2.15. The monoisotopic (exact) mass is 407 g/mol. The average Bonchev–Trinajstić information content (AvgIpc) is 3.14. The van der Waals surface area contributed by atoms with Crippen LogP contribution >= 0.6 is 0 Å². The summed E-state index contributed by atoms with van der Waals surface area (Å²) in [6.45, 7) is 5.49. The van der Waals surface area contributed by atoms with Crippen LogP contribution in [0.2, 0.25) is 0 Å². The number of hydrogen-bond acceptors (Lipinski definition) is 4. The lowest BCUT2D eigenvalue weighted by atomic mass is 10.1. The van der Waals surface area contributed by atoms with Gasteiger partial charge in [0.2, 0.25) is 0 Å². The molecule has 2 aromatic carbocycles. The molecular weight excluding hydrogens is 391 g/mol. The van der Waals surface area contributed by atoms with E-state index in [4.69, 9.17) is 0 Å². The normalized spacial score (nSPS) is 11.5. The van der Waals surface area contributed by atoms with Crippen molar-refractivity contribution in [2.45, 2.75) is 13.3 Å². The van der Waals surface area contributed by atoms with Crippen LogP contribution in [-0.2, 0) is 6.42 Å². The molecule has 0 spiro atoms. The molecule has 5 nitrogen and oxygen atoms in total. The molecule has 0 aliphatic heterocycles. The topological polar surface area (TPSA) is 55.4 Å². The third kappa shape index (κ3) is 3.59. The van der Waals surface area contributed by atoms with E-state index in [1.165, 1.54) is 4.52 Å². The molecule has 150 valence electrons. The second-order valence-corrected chi connectivity index (χ2v) is 6.59. The van der Waals surface area contributed by atoms with Crippen LogP contribution in [0.3, 0.4) is 0 Å². The Morgan fingerprint density at radius 2 is 1.80 bits per heavy atom. The predicted molar refractivity (Wildman–Crippen MR) is 109 cm³/mol. The van der Waals surface area contributed by atoms with Gasteiger partial charge in [-0.3, -0.25) is 4.99 Å². The highest BCUT2D eigenvalue weighted by molar-refractivity contribution is 5.66. The van der Waals surface area contributed by atoms with Crippen LogP contribution in [0, 0.1) is 17.5 Å². The van der Waals surface area contributed by atoms with Gasteiger partial charge in [-0.25, -0.2) is 13.2 Å². The molecule has 0 saturated carbocycles. The van der Waals surface area contributed by atoms with Crippen molar-refractivity contribution in [1.82, 2.24) is 19.8 Å². The first-order valence-corrected chi connectivity index (χ1v) is 9.08. The first kappa shape index (κ1) is 19.5. The van der Waals surface area contributed by atoms with E-state index in [9.17, 15) is 13.2 Å². The zero-order chi connectivity index (χ0) is 21.3. The number of rotatable bonds is 5. The van der Waals surface area contributed by atoms with E-state index in [-0.39, 0.29) is 11.3 Å². The molecule has 0 aliphatic carbocycles. The van der Waals surface area contributed by atoms with Gasteiger partial charge in [-0.2, -0.15) is 9.61 Å². The standard InChI is InChI=1S/C22H16F3N5/c1-3-4-14-9-13(5-6-18(14)26-2)10-21-28-27-20-8-7-19(29-30(20)21)15-11-16(23)22(25)17(24)12-15/h3-9,11-12H,2,10H2,1H3/b4-3-. The van der Waals surface area contributed by atoms with E-state index in [1.54, 1.807) is 12.1 Å². The Bertz CT molecular complexity index is 1270. The zero-order valence-corrected chi connectivity index (χ0v) is 16.0. The minimum Gasteiger partial charge on any atom is -0.264 e. The van der Waals surface area contributed by atoms with Gasteiger partial charge in [0.05, 0.1) is 11.4 Å². The summed E-state index contributed by atoms with van der Waals surface area (Å²) in [6, 6.07) is 10.7. The molecule has 4 rings (SSSR count). The predicted octanol–water partition coefficient (Wildman–Crippen LogP) is 5.16. The van der Waals surface area contributed by atoms with Crippen molar-refractivity contribution in [3.8, 4) is 11.3 Å². The third-order valence-electron chi connectivity index (χ3n) is 4.58. The van der Waals surface area contributed by atoms with Crippen molar-refractivity contribution in [1.29, 1.82) is 0 Å². The maximum absolute atomic E-state index is 13.6. The van der Waals surface area contributed by atoms with Crippen molar-refractivity contribution >= 4 is 24.1 Å². The van der Waals surface area contributed by atoms with Gasteiger partial charge < -0.3 is 0 Å². The highest BCUT2D eigenvalue weighted by Crippen LogP contribution is 2.25. The second-order valence-electron chi connectivity index (χ2n) is 6.59. The second kappa shape index (κ2) is 7.90. The van der Waals surface area contributed by atoms with Gasteiger partial charge in [0.1, 0.15) is 0 Å². The summed E-state index contributed by atoms with van der Waals surface area (Å²) in [5.41, 5.74) is 3.51. The molecule has 8 heteroatoms. The van der Waals surface area contributed by atoms with E-state index in [0.717, 1.165) is 28.9 Å². The van der Waals surface area contributed by atoms with Crippen molar-refractivity contribution in [2.75, 3.05) is 0 Å². The van der Waals surface area contributed by atoms with E-state index in [2.05, 4.69) is 27.0 Å². The molecule has 0 aliphatic rings. The quantitative estimate of drug-likeness (QED) is 0.339. The fourth-order valence-electron chi connectivity index (χ4n) is 3.15. The number of nitrogens with zero attached hydrogens (tertiary/aromatic N) is 5. The van der Waals surface area contributed by atoms with Crippen LogP contribution in [0.4, 0.5) is 18.9 Å². The minimum atomic E-state index is -1.51. The summed E-state index contributed by atoms with van der Waals surface area (Å²) in [5, 5.41) is 12.7. The van der Waals surface area contributed by atoms with Crippen LogP contribution in [0.25, 0.3) is 23.0 Å². The van der Waals surface area contributed by atoms with Gasteiger partial charge in [-0.15, -0.1) is 10.2 Å². The lowest BCUT2D eigenvalue weighted by molar-refractivity contribution is 0.447. The van der Waals surface area contributed by atoms with Gasteiger partial charge >= 0.3 is 0 Å². The Kier molecular flexibility index (Phi) is 5.14. The summed E-state index contributed by atoms with van der Waals surface area (Å²) in [6.07, 6.45) is 4.27. The summed E-state index contributed by atoms with van der Waals surface area (Å²) >= 11 is 0. The number of benzene rings is 2. The largest absolute Gasteiger partial charge is 0.264 e. The number of halogens is 3. The maximum Gasteiger partial charge on any atom is 0.194 e. The molecule has 4 aromatic rings. The van der Waals surface area contributed by atoms with Crippen LogP contribution in [-0.4, -0.2) is 26.5 Å². The summed E-state index contributed by atoms with van der Waals surface area (Å²) in [5.74, 6) is -3.52. The molecule has 0 amide bonds. The molecule has 0 radical (unpaired) electrons. The highest BCUT2D eigenvalue weighted by atomic mass is 19.2. The average molecular weight is 407 g/mol. The third-order valence-corrected chi connectivity index (χ3v) is 4.58. The number of aliphatic imine (C=N–C) groups is 1. The van der Waals surface area contributed by atoms with Gasteiger partial charge in [-0.1, -0.05) is 18.2 Å². The Morgan fingerprint density at radius 1 is 1.03 bits per heavy atom. The Labute approximate surface area is 170 Å². The number of fused-ring (bicyclic) bond motifs is 1. The van der Waals surface area contributed by atoms with Crippen LogP contribution in [0.15, 0.2) is 53.5 Å². The van der Waals surface area contributed by atoms with Crippen molar-refractivity contribution in [3.05, 3.63) is 82.9 Å². The first-order valence-electron chi connectivity index (χ1n) is 9.08. The molecule has 30 heavy (non-hydrogen) atoms. The molecule has 0 unspecified atom stereocenters. The molecule has 2 heterocycles. The van der Waals surface area contributed by atoms with E-state index in [0.29, 0.717) is 17.9 Å². The fraction of sp³-hybridized carbons (Fsp3) is 0.0909. The van der Waals surface area contributed by atoms with E-state index < -0.39 is 17.5 Å². The summed E-state index contributed by atoms with van der Waals surface area (Å²) < 4.78 is 42.0. The van der Waals surface area contributed by atoms with Crippen LogP contribution in [0.5, 0.6) is 0 Å². The van der Waals surface area contributed by atoms with Gasteiger partial charge in [0.25, 0.3) is 0 Å². The Morgan fingerprint density at radius 3 is 2.50 bits per heavy atom. The van der Waals surface area contributed by atoms with Gasteiger partial charge in [-0.05, 0) is 55.6 Å². The smallest absolute Gasteiger partial charge is 0.194 e. The molecule has 0 atom stereocenters. The SMILES string of the molecule is C=Nc1ccc(Cc2nnc3ccc(-c4cc(F)c(F)c(F)c4)nn23)cc1/C=C\C. The number of hydrogen-bond donors (Lipinski definition) is 0. The van der Waals surface area contributed by atoms with E-state index >= 15 is 0 Å². The first-order chi connectivity index (χ1) is 14.5. The number of aromatic nitrogens is 4. The van der Waals surface area contributed by atoms with Crippen molar-refractivity contribution < 1.29 is 13.2 Å². The molecule has 0 fully saturated rings. The van der Waals surface area contributed by atoms with Crippen LogP contribution in [0.1, 0.15) is 23.9 Å². The maximum atomic E-state index is 13.6. The number of allylic oxidation sites excluding steroid dienone is 1. The molecule has 0 saturated heterocycles. The minimum absolute atomic E-state index is 0.115. The molecule has 2 aromatic heterocycles. The molecular formula is C22H16F3N5. The van der Waals surface area contributed by atoms with Crippen molar-refractivity contribution in [3.63, 3.8) is 0 Å². The fourth-order valence-corrected chi connectivity index (χ4v) is 3.15. The van der Waals surface area contributed by atoms with Gasteiger partial charge in [0.15, 0.2) is 28.9 Å². The lowest BCUT2D eigenvalue weighted by Crippen LogP contribution is -2.02.